The van der Waals surface area contributed by atoms with Gasteiger partial charge in [0.15, 0.2) is 0 Å². The Balaban J connectivity index is 2.26. The zero-order valence-corrected chi connectivity index (χ0v) is 12.1. The van der Waals surface area contributed by atoms with Gasteiger partial charge in [0.2, 0.25) is 5.91 Å². The van der Waals surface area contributed by atoms with E-state index < -0.39 is 0 Å². The van der Waals surface area contributed by atoms with E-state index in [9.17, 15) is 4.79 Å². The van der Waals surface area contributed by atoms with Gasteiger partial charge in [0.25, 0.3) is 0 Å². The summed E-state index contributed by atoms with van der Waals surface area (Å²) in [5, 5.41) is 3.44. The number of rotatable bonds is 3. The number of nitrogens with zero attached hydrogens (tertiary/aromatic N) is 1. The van der Waals surface area contributed by atoms with Gasteiger partial charge in [-0.15, -0.1) is 0 Å². The zero-order valence-electron chi connectivity index (χ0n) is 11.4. The second-order valence-corrected chi connectivity index (χ2v) is 5.72. The molecule has 1 aromatic rings. The standard InChI is InChI=1S/C14H20ClN3O/c1-14(13(19)17-2)5-6-18(9-14)12-7-11(15)4-3-10(12)8-16/h3-4,7H,5-6,8-9,16H2,1-2H3,(H,17,19). The number of carbonyl (C=O) groups is 1. The molecule has 1 aromatic carbocycles. The summed E-state index contributed by atoms with van der Waals surface area (Å²) in [5.74, 6) is 0.0892. The fraction of sp³-hybridized carbons (Fsp3) is 0.500. The summed E-state index contributed by atoms with van der Waals surface area (Å²) in [4.78, 5) is 14.1. The van der Waals surface area contributed by atoms with Gasteiger partial charge in [-0.1, -0.05) is 17.7 Å². The van der Waals surface area contributed by atoms with E-state index in [-0.39, 0.29) is 11.3 Å². The predicted octanol–water partition coefficient (Wildman–Crippen LogP) is 1.76. The predicted molar refractivity (Wildman–Crippen MR) is 78.3 cm³/mol. The number of halogens is 1. The van der Waals surface area contributed by atoms with Crippen LogP contribution in [0.1, 0.15) is 18.9 Å². The van der Waals surface area contributed by atoms with Crippen LogP contribution in [0.25, 0.3) is 0 Å². The third-order valence-electron chi connectivity index (χ3n) is 3.86. The van der Waals surface area contributed by atoms with Gasteiger partial charge in [0.1, 0.15) is 0 Å². The van der Waals surface area contributed by atoms with Crippen molar-refractivity contribution in [3.8, 4) is 0 Å². The molecule has 1 heterocycles. The largest absolute Gasteiger partial charge is 0.370 e. The molecule has 104 valence electrons. The van der Waals surface area contributed by atoms with E-state index in [0.29, 0.717) is 18.1 Å². The van der Waals surface area contributed by atoms with Crippen LogP contribution in [0.15, 0.2) is 18.2 Å². The molecule has 1 fully saturated rings. The molecule has 1 saturated heterocycles. The molecule has 0 aliphatic carbocycles. The topological polar surface area (TPSA) is 58.4 Å². The van der Waals surface area contributed by atoms with Crippen LogP contribution in [0, 0.1) is 5.41 Å². The monoisotopic (exact) mass is 281 g/mol. The van der Waals surface area contributed by atoms with Gasteiger partial charge in [-0.05, 0) is 31.0 Å². The van der Waals surface area contributed by atoms with E-state index in [4.69, 9.17) is 17.3 Å². The van der Waals surface area contributed by atoms with Gasteiger partial charge in [-0.25, -0.2) is 0 Å². The van der Waals surface area contributed by atoms with E-state index >= 15 is 0 Å². The molecule has 2 rings (SSSR count). The van der Waals surface area contributed by atoms with Crippen molar-refractivity contribution in [1.29, 1.82) is 0 Å². The van der Waals surface area contributed by atoms with Crippen LogP contribution >= 0.6 is 11.6 Å². The lowest BCUT2D eigenvalue weighted by atomic mass is 9.89. The maximum atomic E-state index is 11.9. The molecule has 1 aliphatic rings. The summed E-state index contributed by atoms with van der Waals surface area (Å²) >= 11 is 6.07. The number of hydrogen-bond donors (Lipinski definition) is 2. The Morgan fingerprint density at radius 1 is 1.58 bits per heavy atom. The molecule has 0 radical (unpaired) electrons. The highest BCUT2D eigenvalue weighted by atomic mass is 35.5. The van der Waals surface area contributed by atoms with Gasteiger partial charge >= 0.3 is 0 Å². The lowest BCUT2D eigenvalue weighted by Crippen LogP contribution is -2.39. The Kier molecular flexibility index (Phi) is 4.02. The molecular formula is C14H20ClN3O. The third-order valence-corrected chi connectivity index (χ3v) is 4.09. The first-order valence-electron chi connectivity index (χ1n) is 6.46. The lowest BCUT2D eigenvalue weighted by molar-refractivity contribution is -0.128. The van der Waals surface area contributed by atoms with Crippen LogP contribution in [-0.2, 0) is 11.3 Å². The number of nitrogens with one attached hydrogen (secondary N) is 1. The highest BCUT2D eigenvalue weighted by Crippen LogP contribution is 2.35. The van der Waals surface area contributed by atoms with Crippen molar-refractivity contribution in [2.45, 2.75) is 19.9 Å². The second-order valence-electron chi connectivity index (χ2n) is 5.29. The maximum absolute atomic E-state index is 11.9. The molecule has 0 spiro atoms. The summed E-state index contributed by atoms with van der Waals surface area (Å²) < 4.78 is 0. The molecule has 1 aliphatic heterocycles. The van der Waals surface area contributed by atoms with Crippen molar-refractivity contribution >= 4 is 23.2 Å². The Labute approximate surface area is 118 Å². The number of nitrogens with two attached hydrogens (primary N) is 1. The average molecular weight is 282 g/mol. The summed E-state index contributed by atoms with van der Waals surface area (Å²) in [6.07, 6.45) is 0.837. The fourth-order valence-corrected chi connectivity index (χ4v) is 2.82. The zero-order chi connectivity index (χ0) is 14.0. The lowest BCUT2D eigenvalue weighted by Gasteiger charge is -2.25. The summed E-state index contributed by atoms with van der Waals surface area (Å²) in [6, 6.07) is 5.73. The van der Waals surface area contributed by atoms with E-state index in [1.165, 1.54) is 0 Å². The molecule has 19 heavy (non-hydrogen) atoms. The van der Waals surface area contributed by atoms with Crippen molar-refractivity contribution in [3.63, 3.8) is 0 Å². The number of carbonyl (C=O) groups excluding carboxylic acids is 1. The van der Waals surface area contributed by atoms with Crippen LogP contribution in [0.2, 0.25) is 5.02 Å². The first kappa shape index (κ1) is 14.2. The molecule has 1 amide bonds. The Morgan fingerprint density at radius 3 is 2.95 bits per heavy atom. The van der Waals surface area contributed by atoms with Gasteiger partial charge in [-0.2, -0.15) is 0 Å². The molecule has 1 unspecified atom stereocenters. The van der Waals surface area contributed by atoms with Crippen LogP contribution in [0.3, 0.4) is 0 Å². The van der Waals surface area contributed by atoms with Crippen molar-refractivity contribution in [1.82, 2.24) is 5.32 Å². The van der Waals surface area contributed by atoms with Gasteiger partial charge < -0.3 is 16.0 Å². The molecule has 0 bridgehead atoms. The number of amides is 1. The molecule has 0 aromatic heterocycles. The minimum atomic E-state index is -0.344. The SMILES string of the molecule is CNC(=O)C1(C)CCN(c2cc(Cl)ccc2CN)C1. The van der Waals surface area contributed by atoms with Crippen molar-refractivity contribution in [2.24, 2.45) is 11.1 Å². The Hall–Kier alpha value is -1.26. The number of benzene rings is 1. The van der Waals surface area contributed by atoms with Gasteiger partial charge in [0.05, 0.1) is 5.41 Å². The van der Waals surface area contributed by atoms with Gasteiger partial charge in [0, 0.05) is 37.4 Å². The fourth-order valence-electron chi connectivity index (χ4n) is 2.66. The molecule has 1 atom stereocenters. The first-order chi connectivity index (χ1) is 9.00. The number of anilines is 1. The van der Waals surface area contributed by atoms with Crippen molar-refractivity contribution in [2.75, 3.05) is 25.0 Å². The highest BCUT2D eigenvalue weighted by molar-refractivity contribution is 6.30. The highest BCUT2D eigenvalue weighted by Gasteiger charge is 2.40. The summed E-state index contributed by atoms with van der Waals surface area (Å²) in [7, 11) is 1.68. The normalized spacial score (nSPS) is 22.6. The summed E-state index contributed by atoms with van der Waals surface area (Å²) in [5.41, 5.74) is 7.53. The van der Waals surface area contributed by atoms with Crippen molar-refractivity contribution < 1.29 is 4.79 Å². The smallest absolute Gasteiger partial charge is 0.227 e. The average Bonchev–Trinajstić information content (AvgIpc) is 2.81. The maximum Gasteiger partial charge on any atom is 0.227 e. The Morgan fingerprint density at radius 2 is 2.32 bits per heavy atom. The summed E-state index contributed by atoms with van der Waals surface area (Å²) in [6.45, 7) is 4.01. The molecular weight excluding hydrogens is 262 g/mol. The minimum Gasteiger partial charge on any atom is -0.370 e. The van der Waals surface area contributed by atoms with Crippen LogP contribution < -0.4 is 16.0 Å². The molecule has 3 N–H and O–H groups in total. The van der Waals surface area contributed by atoms with E-state index in [1.807, 2.05) is 25.1 Å². The number of hydrogen-bond acceptors (Lipinski definition) is 3. The van der Waals surface area contributed by atoms with E-state index in [0.717, 1.165) is 24.2 Å². The quantitative estimate of drug-likeness (QED) is 0.888. The molecule has 5 heteroatoms. The molecule has 4 nitrogen and oxygen atoms in total. The van der Waals surface area contributed by atoms with E-state index in [1.54, 1.807) is 7.05 Å². The van der Waals surface area contributed by atoms with Crippen LogP contribution in [0.5, 0.6) is 0 Å². The minimum absolute atomic E-state index is 0.0892. The molecule has 0 saturated carbocycles. The Bertz CT molecular complexity index is 492. The third kappa shape index (κ3) is 2.69. The van der Waals surface area contributed by atoms with E-state index in [2.05, 4.69) is 10.2 Å². The van der Waals surface area contributed by atoms with Crippen LogP contribution in [0.4, 0.5) is 5.69 Å². The van der Waals surface area contributed by atoms with Crippen LogP contribution in [-0.4, -0.2) is 26.0 Å². The second kappa shape index (κ2) is 5.39. The van der Waals surface area contributed by atoms with Crippen molar-refractivity contribution in [3.05, 3.63) is 28.8 Å². The first-order valence-corrected chi connectivity index (χ1v) is 6.83. The van der Waals surface area contributed by atoms with Gasteiger partial charge in [-0.3, -0.25) is 4.79 Å².